The van der Waals surface area contributed by atoms with Gasteiger partial charge in [0.25, 0.3) is 0 Å². The molecule has 9 heteroatoms. The van der Waals surface area contributed by atoms with E-state index in [-0.39, 0.29) is 11.8 Å². The Kier molecular flexibility index (Phi) is 3.97. The van der Waals surface area contributed by atoms with Crippen LogP contribution in [0, 0.1) is 6.92 Å². The molecule has 1 saturated heterocycles. The molecule has 2 N–H and O–H groups in total. The van der Waals surface area contributed by atoms with Crippen LogP contribution in [0.2, 0.25) is 0 Å². The maximum absolute atomic E-state index is 12.5. The number of H-pyrrole nitrogens is 1. The lowest BCUT2D eigenvalue weighted by Gasteiger charge is -2.32. The third-order valence-corrected chi connectivity index (χ3v) is 5.46. The second-order valence-corrected chi connectivity index (χ2v) is 7.19. The van der Waals surface area contributed by atoms with Crippen LogP contribution >= 0.6 is 0 Å². The summed E-state index contributed by atoms with van der Waals surface area (Å²) in [7, 11) is 1.95. The fourth-order valence-electron chi connectivity index (χ4n) is 4.33. The molecule has 1 unspecified atom stereocenters. The minimum atomic E-state index is -0.158. The van der Waals surface area contributed by atoms with Gasteiger partial charge >= 0.3 is 0 Å². The first kappa shape index (κ1) is 17.1. The third-order valence-electron chi connectivity index (χ3n) is 5.46. The number of carbonyl (C=O) groups excluding carboxylic acids is 1. The zero-order valence-electron chi connectivity index (χ0n) is 15.9. The Balaban J connectivity index is 1.67. The average Bonchev–Trinajstić information content (AvgIpc) is 3.40. The van der Waals surface area contributed by atoms with E-state index in [0.717, 1.165) is 41.4 Å². The van der Waals surface area contributed by atoms with Crippen molar-refractivity contribution in [2.24, 2.45) is 7.05 Å². The standard InChI is InChI=1S/C19H22N6O3/c1-11-15(19(24(2)23-11)25-5-8-27-9-6-25)12-10-14(26)20-18-16(12)17(21-22-18)13-4-3-7-28-13/h3-4,7,12H,5-6,8-10H2,1-2H3,(H2,20,21,22,26). The molecule has 0 bridgehead atoms. The largest absolute Gasteiger partial charge is 0.463 e. The Labute approximate surface area is 161 Å². The van der Waals surface area contributed by atoms with E-state index in [1.807, 2.05) is 30.8 Å². The van der Waals surface area contributed by atoms with Crippen LogP contribution in [0.3, 0.4) is 0 Å². The lowest BCUT2D eigenvalue weighted by atomic mass is 9.84. The normalized spacial score (nSPS) is 19.6. The van der Waals surface area contributed by atoms with Crippen molar-refractivity contribution in [3.8, 4) is 11.5 Å². The first-order chi connectivity index (χ1) is 13.6. The number of furan rings is 1. The van der Waals surface area contributed by atoms with Gasteiger partial charge in [-0.3, -0.25) is 14.6 Å². The number of hydrogen-bond acceptors (Lipinski definition) is 6. The maximum atomic E-state index is 12.5. The monoisotopic (exact) mass is 382 g/mol. The Hall–Kier alpha value is -3.07. The van der Waals surface area contributed by atoms with Crippen molar-refractivity contribution in [3.05, 3.63) is 35.2 Å². The number of ether oxygens (including phenoxy) is 1. The Morgan fingerprint density at radius 1 is 1.25 bits per heavy atom. The fourth-order valence-corrected chi connectivity index (χ4v) is 4.33. The molecule has 146 valence electrons. The minimum Gasteiger partial charge on any atom is -0.463 e. The van der Waals surface area contributed by atoms with Crippen LogP contribution in [0.1, 0.15) is 29.2 Å². The molecule has 1 amide bonds. The number of amides is 1. The molecule has 0 radical (unpaired) electrons. The molecule has 2 aliphatic rings. The van der Waals surface area contributed by atoms with Gasteiger partial charge in [-0.1, -0.05) is 0 Å². The molecule has 9 nitrogen and oxygen atoms in total. The summed E-state index contributed by atoms with van der Waals surface area (Å²) in [5.41, 5.74) is 3.72. The summed E-state index contributed by atoms with van der Waals surface area (Å²) in [4.78, 5) is 14.8. The van der Waals surface area contributed by atoms with E-state index in [9.17, 15) is 4.79 Å². The quantitative estimate of drug-likeness (QED) is 0.719. The van der Waals surface area contributed by atoms with Crippen molar-refractivity contribution >= 4 is 17.5 Å². The smallest absolute Gasteiger partial charge is 0.226 e. The molecular formula is C19H22N6O3. The molecule has 0 aromatic carbocycles. The molecule has 2 aliphatic heterocycles. The van der Waals surface area contributed by atoms with Gasteiger partial charge < -0.3 is 19.4 Å². The number of rotatable bonds is 3. The number of anilines is 2. The van der Waals surface area contributed by atoms with Crippen LogP contribution < -0.4 is 10.2 Å². The number of hydrogen-bond donors (Lipinski definition) is 2. The predicted octanol–water partition coefficient (Wildman–Crippen LogP) is 2.02. The molecule has 0 spiro atoms. The highest BCUT2D eigenvalue weighted by Crippen LogP contribution is 2.45. The lowest BCUT2D eigenvalue weighted by molar-refractivity contribution is -0.116. The number of aryl methyl sites for hydroxylation is 2. The molecular weight excluding hydrogens is 360 g/mol. The van der Waals surface area contributed by atoms with Crippen molar-refractivity contribution < 1.29 is 13.9 Å². The minimum absolute atomic E-state index is 0.0498. The summed E-state index contributed by atoms with van der Waals surface area (Å²) < 4.78 is 13.0. The predicted molar refractivity (Wildman–Crippen MR) is 102 cm³/mol. The van der Waals surface area contributed by atoms with E-state index in [2.05, 4.69) is 25.5 Å². The highest BCUT2D eigenvalue weighted by atomic mass is 16.5. The number of nitrogens with zero attached hydrogens (tertiary/aromatic N) is 4. The number of aromatic amines is 1. The van der Waals surface area contributed by atoms with Crippen LogP contribution in [-0.2, 0) is 16.6 Å². The van der Waals surface area contributed by atoms with E-state index in [1.165, 1.54) is 0 Å². The van der Waals surface area contributed by atoms with E-state index in [0.29, 0.717) is 31.2 Å². The number of morpholine rings is 1. The van der Waals surface area contributed by atoms with Crippen LogP contribution in [0.5, 0.6) is 0 Å². The van der Waals surface area contributed by atoms with Crippen LogP contribution in [0.4, 0.5) is 11.6 Å². The van der Waals surface area contributed by atoms with E-state index < -0.39 is 0 Å². The van der Waals surface area contributed by atoms with Gasteiger partial charge in [-0.2, -0.15) is 10.2 Å². The zero-order valence-corrected chi connectivity index (χ0v) is 15.9. The SMILES string of the molecule is Cc1nn(C)c(N2CCOCC2)c1C1CC(=O)Nc2n[nH]c(-c3ccco3)c21. The van der Waals surface area contributed by atoms with Crippen molar-refractivity contribution in [1.29, 1.82) is 0 Å². The van der Waals surface area contributed by atoms with Gasteiger partial charge in [0.1, 0.15) is 11.5 Å². The number of aromatic nitrogens is 4. The summed E-state index contributed by atoms with van der Waals surface area (Å²) in [6.07, 6.45) is 1.97. The van der Waals surface area contributed by atoms with Crippen LogP contribution in [0.15, 0.2) is 22.8 Å². The summed E-state index contributed by atoms with van der Waals surface area (Å²) in [5, 5.41) is 15.0. The van der Waals surface area contributed by atoms with Gasteiger partial charge in [0.15, 0.2) is 11.6 Å². The first-order valence-corrected chi connectivity index (χ1v) is 9.41. The van der Waals surface area contributed by atoms with Gasteiger partial charge in [0.05, 0.1) is 25.2 Å². The van der Waals surface area contributed by atoms with Gasteiger partial charge in [-0.15, -0.1) is 0 Å². The average molecular weight is 382 g/mol. The maximum Gasteiger partial charge on any atom is 0.226 e. The summed E-state index contributed by atoms with van der Waals surface area (Å²) in [5.74, 6) is 2.09. The van der Waals surface area contributed by atoms with Gasteiger partial charge in [-0.25, -0.2) is 0 Å². The van der Waals surface area contributed by atoms with Crippen molar-refractivity contribution in [2.45, 2.75) is 19.3 Å². The highest BCUT2D eigenvalue weighted by molar-refractivity contribution is 5.96. The molecule has 5 heterocycles. The van der Waals surface area contributed by atoms with Crippen LogP contribution in [-0.4, -0.2) is 52.2 Å². The van der Waals surface area contributed by atoms with Crippen LogP contribution in [0.25, 0.3) is 11.5 Å². The summed E-state index contributed by atoms with van der Waals surface area (Å²) in [6, 6.07) is 3.73. The number of fused-ring (bicyclic) bond motifs is 1. The molecule has 0 saturated carbocycles. The second-order valence-electron chi connectivity index (χ2n) is 7.19. The van der Waals surface area contributed by atoms with E-state index >= 15 is 0 Å². The van der Waals surface area contributed by atoms with E-state index in [1.54, 1.807) is 6.26 Å². The van der Waals surface area contributed by atoms with Crippen molar-refractivity contribution in [2.75, 3.05) is 36.5 Å². The molecule has 0 aliphatic carbocycles. The third kappa shape index (κ3) is 2.62. The lowest BCUT2D eigenvalue weighted by Crippen LogP contribution is -2.38. The molecule has 5 rings (SSSR count). The first-order valence-electron chi connectivity index (χ1n) is 9.41. The Bertz CT molecular complexity index is 1010. The number of carbonyl (C=O) groups is 1. The zero-order chi connectivity index (χ0) is 19.3. The highest BCUT2D eigenvalue weighted by Gasteiger charge is 2.37. The summed E-state index contributed by atoms with van der Waals surface area (Å²) in [6.45, 7) is 4.97. The molecule has 28 heavy (non-hydrogen) atoms. The Morgan fingerprint density at radius 2 is 2.07 bits per heavy atom. The fraction of sp³-hybridized carbons (Fsp3) is 0.421. The summed E-state index contributed by atoms with van der Waals surface area (Å²) >= 11 is 0. The number of nitrogens with one attached hydrogen (secondary N) is 2. The molecule has 3 aromatic heterocycles. The topological polar surface area (TPSA) is 101 Å². The van der Waals surface area contributed by atoms with E-state index in [4.69, 9.17) is 9.15 Å². The Morgan fingerprint density at radius 3 is 2.82 bits per heavy atom. The molecule has 1 atom stereocenters. The van der Waals surface area contributed by atoms with Crippen molar-refractivity contribution in [3.63, 3.8) is 0 Å². The van der Waals surface area contributed by atoms with Gasteiger partial charge in [-0.05, 0) is 19.1 Å². The second kappa shape index (κ2) is 6.52. The van der Waals surface area contributed by atoms with Gasteiger partial charge in [0.2, 0.25) is 5.91 Å². The molecule has 3 aromatic rings. The van der Waals surface area contributed by atoms with Gasteiger partial charge in [0, 0.05) is 43.6 Å². The van der Waals surface area contributed by atoms with Crippen molar-refractivity contribution in [1.82, 2.24) is 20.0 Å². The molecule has 1 fully saturated rings.